The molecule has 1 amide bonds. The number of carboxylic acid groups (broad SMARTS) is 1. The first-order chi connectivity index (χ1) is 17.8. The van der Waals surface area contributed by atoms with Gasteiger partial charge < -0.3 is 5.11 Å². The van der Waals surface area contributed by atoms with E-state index in [1.54, 1.807) is 6.07 Å². The fourth-order valence-corrected chi connectivity index (χ4v) is 5.64. The van der Waals surface area contributed by atoms with Gasteiger partial charge in [0.1, 0.15) is 5.01 Å². The average molecular weight is 545 g/mol. The number of carboxylic acids is 1. The van der Waals surface area contributed by atoms with Crippen LogP contribution in [0.3, 0.4) is 0 Å². The Bertz CT molecular complexity index is 1280. The average Bonchev–Trinajstić information content (AvgIpc) is 3.36. The number of anilines is 1. The number of aryl methyl sites for hydroxylation is 1. The van der Waals surface area contributed by atoms with Crippen LogP contribution in [0.25, 0.3) is 10.6 Å². The fraction of sp³-hybridized carbons (Fsp3) is 0.407. The molecule has 0 radical (unpaired) electrons. The van der Waals surface area contributed by atoms with E-state index in [2.05, 4.69) is 21.2 Å². The van der Waals surface area contributed by atoms with Crippen molar-refractivity contribution >= 4 is 39.9 Å². The van der Waals surface area contributed by atoms with Gasteiger partial charge in [-0.15, -0.1) is 10.2 Å². The Balaban J connectivity index is 1.51. The number of piperidine rings is 1. The van der Waals surface area contributed by atoms with E-state index < -0.39 is 17.7 Å². The molecule has 7 nitrogen and oxygen atoms in total. The number of likely N-dealkylation sites (tertiary alicyclic amines) is 1. The van der Waals surface area contributed by atoms with Crippen LogP contribution in [0.1, 0.15) is 54.1 Å². The molecule has 0 atom stereocenters. The Morgan fingerprint density at radius 3 is 2.65 bits per heavy atom. The second-order valence-electron chi connectivity index (χ2n) is 9.34. The standard InChI is InChI=1S/C27H30ClFN4O3S/c1-3-4-12-33(25(34)21-6-5-7-22(28)23(21)29)27-31-30-24(37-27)20-9-8-18(15-17(20)2)16-32-13-10-19(11-14-32)26(35)36/h5-9,15,19H,3-4,10-14,16H2,1-2H3,(H,35,36). The number of halogens is 2. The van der Waals surface area contributed by atoms with E-state index in [1.165, 1.54) is 28.4 Å². The zero-order chi connectivity index (χ0) is 26.5. The Labute approximate surface area is 224 Å². The number of aromatic nitrogens is 2. The van der Waals surface area contributed by atoms with Gasteiger partial charge in [-0.05, 0) is 62.5 Å². The molecule has 3 aromatic rings. The summed E-state index contributed by atoms with van der Waals surface area (Å²) in [6, 6.07) is 10.6. The summed E-state index contributed by atoms with van der Waals surface area (Å²) in [7, 11) is 0. The monoisotopic (exact) mass is 544 g/mol. The van der Waals surface area contributed by atoms with E-state index >= 15 is 0 Å². The molecule has 2 heterocycles. The van der Waals surface area contributed by atoms with Gasteiger partial charge in [0.05, 0.1) is 16.5 Å². The van der Waals surface area contributed by atoms with Crippen LogP contribution in [0.5, 0.6) is 0 Å². The molecule has 4 rings (SSSR count). The highest BCUT2D eigenvalue weighted by Gasteiger charge is 2.26. The molecule has 0 saturated carbocycles. The Kier molecular flexibility index (Phi) is 8.89. The van der Waals surface area contributed by atoms with Gasteiger partial charge in [0.2, 0.25) is 5.13 Å². The van der Waals surface area contributed by atoms with E-state index in [0.717, 1.165) is 49.2 Å². The molecule has 0 bridgehead atoms. The maximum absolute atomic E-state index is 14.6. The highest BCUT2D eigenvalue weighted by molar-refractivity contribution is 7.18. The van der Waals surface area contributed by atoms with Gasteiger partial charge in [-0.2, -0.15) is 0 Å². The molecule has 37 heavy (non-hydrogen) atoms. The number of amides is 1. The second-order valence-corrected chi connectivity index (χ2v) is 10.7. The first-order valence-corrected chi connectivity index (χ1v) is 13.6. The molecule has 10 heteroatoms. The number of rotatable bonds is 9. The lowest BCUT2D eigenvalue weighted by atomic mass is 9.96. The van der Waals surface area contributed by atoms with Gasteiger partial charge in [-0.25, -0.2) is 4.39 Å². The molecule has 0 aliphatic carbocycles. The van der Waals surface area contributed by atoms with Gasteiger partial charge in [0.25, 0.3) is 5.91 Å². The molecule has 1 aliphatic heterocycles. The van der Waals surface area contributed by atoms with Crippen LogP contribution in [0.2, 0.25) is 5.02 Å². The van der Waals surface area contributed by atoms with Crippen LogP contribution >= 0.6 is 22.9 Å². The molecule has 2 aromatic carbocycles. The highest BCUT2D eigenvalue weighted by atomic mass is 35.5. The van der Waals surface area contributed by atoms with Crippen molar-refractivity contribution < 1.29 is 19.1 Å². The first kappa shape index (κ1) is 27.2. The summed E-state index contributed by atoms with van der Waals surface area (Å²) in [5.41, 5.74) is 3.02. The van der Waals surface area contributed by atoms with Crippen molar-refractivity contribution in [2.45, 2.75) is 46.1 Å². The number of carbonyl (C=O) groups is 2. The number of aliphatic carboxylic acids is 1. The number of nitrogens with zero attached hydrogens (tertiary/aromatic N) is 4. The number of benzene rings is 2. The largest absolute Gasteiger partial charge is 0.481 e. The van der Waals surface area contributed by atoms with Crippen LogP contribution in [0.4, 0.5) is 9.52 Å². The smallest absolute Gasteiger partial charge is 0.306 e. The molecular weight excluding hydrogens is 515 g/mol. The van der Waals surface area contributed by atoms with Crippen LogP contribution in [0, 0.1) is 18.7 Å². The molecular formula is C27H30ClFN4O3S. The number of unbranched alkanes of at least 4 members (excludes halogenated alkanes) is 1. The van der Waals surface area contributed by atoms with Crippen LogP contribution in [-0.4, -0.2) is 51.7 Å². The summed E-state index contributed by atoms with van der Waals surface area (Å²) >= 11 is 7.21. The predicted octanol–water partition coefficient (Wildman–Crippen LogP) is 6.05. The Morgan fingerprint density at radius 2 is 1.97 bits per heavy atom. The predicted molar refractivity (Wildman–Crippen MR) is 144 cm³/mol. The maximum atomic E-state index is 14.6. The summed E-state index contributed by atoms with van der Waals surface area (Å²) in [5.74, 6) is -2.18. The minimum Gasteiger partial charge on any atom is -0.481 e. The fourth-order valence-electron chi connectivity index (χ4n) is 4.51. The van der Waals surface area contributed by atoms with Crippen molar-refractivity contribution in [3.63, 3.8) is 0 Å². The Morgan fingerprint density at radius 1 is 1.22 bits per heavy atom. The number of carbonyl (C=O) groups excluding carboxylic acids is 1. The normalized spacial score (nSPS) is 14.6. The van der Waals surface area contributed by atoms with Crippen molar-refractivity contribution in [3.8, 4) is 10.6 Å². The Hall–Kier alpha value is -2.88. The third-order valence-corrected chi connectivity index (χ3v) is 7.94. The summed E-state index contributed by atoms with van der Waals surface area (Å²) in [4.78, 5) is 28.2. The number of hydrogen-bond donors (Lipinski definition) is 1. The van der Waals surface area contributed by atoms with Crippen molar-refractivity contribution in [1.29, 1.82) is 0 Å². The van der Waals surface area contributed by atoms with Crippen LogP contribution in [0.15, 0.2) is 36.4 Å². The molecule has 1 aromatic heterocycles. The van der Waals surface area contributed by atoms with Gasteiger partial charge in [0.15, 0.2) is 5.82 Å². The van der Waals surface area contributed by atoms with Crippen LogP contribution < -0.4 is 4.90 Å². The topological polar surface area (TPSA) is 86.6 Å². The van der Waals surface area contributed by atoms with Crippen molar-refractivity contribution in [3.05, 3.63) is 63.9 Å². The van der Waals surface area contributed by atoms with E-state index in [1.807, 2.05) is 26.0 Å². The summed E-state index contributed by atoms with van der Waals surface area (Å²) in [6.07, 6.45) is 2.95. The maximum Gasteiger partial charge on any atom is 0.306 e. The SMILES string of the molecule is CCCCN(C(=O)c1cccc(Cl)c1F)c1nnc(-c2ccc(CN3CCC(C(=O)O)CC3)cc2C)s1. The quantitative estimate of drug-likeness (QED) is 0.353. The van der Waals surface area contributed by atoms with Gasteiger partial charge in [0, 0.05) is 18.7 Å². The van der Waals surface area contributed by atoms with Gasteiger partial charge in [-0.1, -0.05) is 60.5 Å². The van der Waals surface area contributed by atoms with E-state index in [9.17, 15) is 19.1 Å². The lowest BCUT2D eigenvalue weighted by Crippen LogP contribution is -2.35. The zero-order valence-electron chi connectivity index (χ0n) is 20.9. The highest BCUT2D eigenvalue weighted by Crippen LogP contribution is 2.33. The molecule has 0 spiro atoms. The third kappa shape index (κ3) is 6.34. The van der Waals surface area contributed by atoms with Crippen LogP contribution in [-0.2, 0) is 11.3 Å². The van der Waals surface area contributed by atoms with E-state index in [-0.39, 0.29) is 16.5 Å². The van der Waals surface area contributed by atoms with Crippen molar-refractivity contribution in [1.82, 2.24) is 15.1 Å². The lowest BCUT2D eigenvalue weighted by Gasteiger charge is -2.30. The zero-order valence-corrected chi connectivity index (χ0v) is 22.5. The first-order valence-electron chi connectivity index (χ1n) is 12.4. The minimum atomic E-state index is -0.737. The number of hydrogen-bond acceptors (Lipinski definition) is 6. The van der Waals surface area contributed by atoms with Gasteiger partial charge in [-0.3, -0.25) is 19.4 Å². The van der Waals surface area contributed by atoms with Crippen molar-refractivity contribution in [2.75, 3.05) is 24.5 Å². The molecule has 1 N–H and O–H groups in total. The second kappa shape index (κ2) is 12.1. The molecule has 1 fully saturated rings. The van der Waals surface area contributed by atoms with Crippen molar-refractivity contribution in [2.24, 2.45) is 5.92 Å². The molecule has 196 valence electrons. The molecule has 1 saturated heterocycles. The summed E-state index contributed by atoms with van der Waals surface area (Å²) in [6.45, 7) is 6.73. The summed E-state index contributed by atoms with van der Waals surface area (Å²) in [5, 5.41) is 18.8. The van der Waals surface area contributed by atoms with E-state index in [0.29, 0.717) is 29.5 Å². The third-order valence-electron chi connectivity index (χ3n) is 6.67. The minimum absolute atomic E-state index is 0.0896. The van der Waals surface area contributed by atoms with Gasteiger partial charge >= 0.3 is 5.97 Å². The summed E-state index contributed by atoms with van der Waals surface area (Å²) < 4.78 is 14.6. The lowest BCUT2D eigenvalue weighted by molar-refractivity contribution is -0.143. The molecule has 1 aliphatic rings. The molecule has 0 unspecified atom stereocenters. The van der Waals surface area contributed by atoms with E-state index in [4.69, 9.17) is 11.6 Å².